The molecule has 1 aliphatic carbocycles. The summed E-state index contributed by atoms with van der Waals surface area (Å²) < 4.78 is 8.81. The summed E-state index contributed by atoms with van der Waals surface area (Å²) in [5, 5.41) is 7.43. The number of thioether (sulfide) groups is 1. The van der Waals surface area contributed by atoms with E-state index in [1.54, 1.807) is 30.2 Å². The van der Waals surface area contributed by atoms with E-state index in [2.05, 4.69) is 31.2 Å². The second-order valence-corrected chi connectivity index (χ2v) is 4.41. The Hall–Kier alpha value is -2.27. The van der Waals surface area contributed by atoms with Crippen LogP contribution in [-0.4, -0.2) is 10.1 Å². The molecule has 0 bridgehead atoms. The molecule has 0 saturated carbocycles. The van der Waals surface area contributed by atoms with Gasteiger partial charge >= 0.3 is 0 Å². The Morgan fingerprint density at radius 2 is 1.57 bits per heavy atom. The molecule has 110 valence electrons. The molecule has 0 aromatic carbocycles. The van der Waals surface area contributed by atoms with E-state index < -0.39 is 0 Å². The van der Waals surface area contributed by atoms with Crippen molar-refractivity contribution in [2.75, 3.05) is 0 Å². The summed E-state index contributed by atoms with van der Waals surface area (Å²) in [7, 11) is 0. The van der Waals surface area contributed by atoms with E-state index in [0.717, 1.165) is 0 Å². The lowest BCUT2D eigenvalue weighted by atomic mass is 10.1. The highest BCUT2D eigenvalue weighted by molar-refractivity contribution is 8.04. The number of oxazole rings is 1. The third-order valence-corrected chi connectivity index (χ3v) is 2.64. The van der Waals surface area contributed by atoms with Gasteiger partial charge in [-0.3, -0.25) is 0 Å². The van der Waals surface area contributed by atoms with E-state index in [-0.39, 0.29) is 0 Å². The molecule has 0 amide bonds. The molecule has 3 heterocycles. The predicted molar refractivity (Wildman–Crippen MR) is 86.4 cm³/mol. The summed E-state index contributed by atoms with van der Waals surface area (Å²) in [5.74, 6) is 0. The highest BCUT2D eigenvalue weighted by atomic mass is 32.2. The van der Waals surface area contributed by atoms with Crippen LogP contribution in [0.2, 0.25) is 0 Å². The summed E-state index contributed by atoms with van der Waals surface area (Å²) in [6.45, 7) is 0. The second kappa shape index (κ2) is 14.1. The van der Waals surface area contributed by atoms with Crippen molar-refractivity contribution in [3.05, 3.63) is 84.7 Å². The summed E-state index contributed by atoms with van der Waals surface area (Å²) in [6.07, 6.45) is 22.6. The molecule has 0 radical (unpaired) electrons. The van der Waals surface area contributed by atoms with Crippen molar-refractivity contribution < 1.29 is 8.94 Å². The molecule has 2 aromatic rings. The molecule has 0 atom stereocenters. The van der Waals surface area contributed by atoms with Gasteiger partial charge in [0, 0.05) is 0 Å². The van der Waals surface area contributed by atoms with Gasteiger partial charge in [-0.05, 0) is 29.7 Å². The molecule has 5 heteroatoms. The lowest BCUT2D eigenvalue weighted by Crippen LogP contribution is -1.71. The average molecular weight is 302 g/mol. The van der Waals surface area contributed by atoms with Crippen molar-refractivity contribution in [1.29, 1.82) is 0 Å². The first kappa shape index (κ1) is 16.8. The molecule has 4 nitrogen and oxygen atoms in total. The van der Waals surface area contributed by atoms with Crippen LogP contribution in [-0.2, 0) is 0 Å². The van der Waals surface area contributed by atoms with Gasteiger partial charge < -0.3 is 8.94 Å². The van der Waals surface area contributed by atoms with E-state index in [1.165, 1.54) is 31.8 Å². The first-order valence-electron chi connectivity index (χ1n) is 6.45. The molecule has 0 N–H and O–H groups in total. The Labute approximate surface area is 128 Å². The molecule has 0 saturated heterocycles. The van der Waals surface area contributed by atoms with E-state index in [0.29, 0.717) is 0 Å². The van der Waals surface area contributed by atoms with Crippen LogP contribution >= 0.6 is 11.8 Å². The molecule has 21 heavy (non-hydrogen) atoms. The minimum absolute atomic E-state index is 1.32. The number of hydrogen-bond donors (Lipinski definition) is 0. The lowest BCUT2D eigenvalue weighted by Gasteiger charge is -1.92. The van der Waals surface area contributed by atoms with Gasteiger partial charge in [-0.15, -0.1) is 11.8 Å². The number of aromatic nitrogens is 2. The van der Waals surface area contributed by atoms with E-state index in [1.807, 2.05) is 35.1 Å². The standard InChI is InChI=1S/C6H6S.C4H6.2C3H3NO/c1-2-4-6-7-5-3-1;1-2-4-3-1;1-2-5-3-4-1;1-2-4-5-3-1/h1-6H;1-2H,3-4H2;2*1-3H. The Morgan fingerprint density at radius 3 is 1.86 bits per heavy atom. The molecule has 0 unspecified atom stereocenters. The van der Waals surface area contributed by atoms with E-state index in [4.69, 9.17) is 0 Å². The summed E-state index contributed by atoms with van der Waals surface area (Å²) in [6, 6.07) is 1.72. The van der Waals surface area contributed by atoms with Gasteiger partial charge in [0.25, 0.3) is 0 Å². The molecule has 0 fully saturated rings. The number of nitrogens with zero attached hydrogens (tertiary/aromatic N) is 2. The molecule has 0 spiro atoms. The van der Waals surface area contributed by atoms with Crippen molar-refractivity contribution in [3.8, 4) is 0 Å². The Balaban J connectivity index is 0.000000143. The van der Waals surface area contributed by atoms with Crippen molar-refractivity contribution in [2.24, 2.45) is 0 Å². The fraction of sp³-hybridized carbons (Fsp3) is 0.125. The molecule has 4 rings (SSSR count). The minimum Gasteiger partial charge on any atom is -0.452 e. The van der Waals surface area contributed by atoms with Gasteiger partial charge in [0.15, 0.2) is 6.39 Å². The van der Waals surface area contributed by atoms with Crippen LogP contribution in [0.4, 0.5) is 0 Å². The van der Waals surface area contributed by atoms with E-state index in [9.17, 15) is 0 Å². The quantitative estimate of drug-likeness (QED) is 0.641. The first-order valence-corrected chi connectivity index (χ1v) is 7.39. The van der Waals surface area contributed by atoms with Crippen LogP contribution in [0.1, 0.15) is 12.8 Å². The largest absolute Gasteiger partial charge is 0.452 e. The SMILES string of the molecule is C1=CC=CSC=C1.C1=CCC1.c1cnoc1.c1cocn1. The maximum Gasteiger partial charge on any atom is 0.180 e. The third-order valence-electron chi connectivity index (χ3n) is 2.01. The van der Waals surface area contributed by atoms with Crippen LogP contribution in [0.3, 0.4) is 0 Å². The average Bonchev–Trinajstić information content (AvgIpc) is 3.12. The van der Waals surface area contributed by atoms with Crippen molar-refractivity contribution in [3.63, 3.8) is 0 Å². The topological polar surface area (TPSA) is 52.1 Å². The number of rotatable bonds is 0. The zero-order valence-corrected chi connectivity index (χ0v) is 12.4. The minimum atomic E-state index is 1.32. The molecular formula is C16H18N2O2S. The first-order chi connectivity index (χ1) is 10.5. The van der Waals surface area contributed by atoms with Crippen LogP contribution in [0.5, 0.6) is 0 Å². The van der Waals surface area contributed by atoms with Crippen LogP contribution in [0, 0.1) is 0 Å². The third kappa shape index (κ3) is 12.5. The van der Waals surface area contributed by atoms with Crippen molar-refractivity contribution in [1.82, 2.24) is 10.1 Å². The molecule has 2 aliphatic rings. The van der Waals surface area contributed by atoms with Crippen molar-refractivity contribution >= 4 is 11.8 Å². The Kier molecular flexibility index (Phi) is 11.3. The Morgan fingerprint density at radius 1 is 0.857 bits per heavy atom. The van der Waals surface area contributed by atoms with Crippen molar-refractivity contribution in [2.45, 2.75) is 12.8 Å². The fourth-order valence-electron chi connectivity index (χ4n) is 0.873. The number of hydrogen-bond acceptors (Lipinski definition) is 5. The summed E-state index contributed by atoms with van der Waals surface area (Å²) >= 11 is 1.69. The monoisotopic (exact) mass is 302 g/mol. The van der Waals surface area contributed by atoms with Gasteiger partial charge in [-0.1, -0.05) is 41.6 Å². The molecule has 1 aliphatic heterocycles. The van der Waals surface area contributed by atoms with Gasteiger partial charge in [-0.25, -0.2) is 4.98 Å². The zero-order valence-electron chi connectivity index (χ0n) is 11.6. The second-order valence-electron chi connectivity index (χ2n) is 3.59. The van der Waals surface area contributed by atoms with Crippen LogP contribution in [0.25, 0.3) is 0 Å². The van der Waals surface area contributed by atoms with Gasteiger partial charge in [0.05, 0.1) is 12.4 Å². The number of allylic oxidation sites excluding steroid dienone is 6. The van der Waals surface area contributed by atoms with Gasteiger partial charge in [0.2, 0.25) is 0 Å². The van der Waals surface area contributed by atoms with Gasteiger partial charge in [0.1, 0.15) is 12.5 Å². The fourth-order valence-corrected chi connectivity index (χ4v) is 1.33. The summed E-state index contributed by atoms with van der Waals surface area (Å²) in [5.41, 5.74) is 0. The predicted octanol–water partition coefficient (Wildman–Crippen LogP) is 5.00. The highest BCUT2D eigenvalue weighted by Crippen LogP contribution is 2.06. The smallest absolute Gasteiger partial charge is 0.180 e. The summed E-state index contributed by atoms with van der Waals surface area (Å²) in [4.78, 5) is 3.56. The highest BCUT2D eigenvalue weighted by Gasteiger charge is 1.81. The molecular weight excluding hydrogens is 284 g/mol. The Bertz CT molecular complexity index is 434. The maximum absolute atomic E-state index is 4.47. The lowest BCUT2D eigenvalue weighted by molar-refractivity contribution is 0.420. The van der Waals surface area contributed by atoms with Gasteiger partial charge in [-0.2, -0.15) is 0 Å². The maximum atomic E-state index is 4.47. The van der Waals surface area contributed by atoms with E-state index >= 15 is 0 Å². The normalized spacial score (nSPS) is 13.3. The van der Waals surface area contributed by atoms with Crippen LogP contribution in [0.15, 0.2) is 93.6 Å². The van der Waals surface area contributed by atoms with Crippen LogP contribution < -0.4 is 0 Å². The molecule has 2 aromatic heterocycles. The zero-order chi connectivity index (χ0) is 14.8.